The lowest BCUT2D eigenvalue weighted by molar-refractivity contribution is -0.123. The van der Waals surface area contributed by atoms with E-state index < -0.39 is 12.0 Å². The van der Waals surface area contributed by atoms with E-state index in [1.54, 1.807) is 30.3 Å². The van der Waals surface area contributed by atoms with Crippen molar-refractivity contribution in [2.24, 2.45) is 0 Å². The van der Waals surface area contributed by atoms with Crippen LogP contribution in [-0.4, -0.2) is 25.6 Å². The van der Waals surface area contributed by atoms with E-state index in [-0.39, 0.29) is 6.54 Å². The average molecular weight is 213 g/mol. The Hall–Kier alpha value is -1.00. The van der Waals surface area contributed by atoms with Crippen LogP contribution >= 0.6 is 0 Å². The van der Waals surface area contributed by atoms with Crippen molar-refractivity contribution in [1.29, 1.82) is 0 Å². The van der Waals surface area contributed by atoms with Gasteiger partial charge in [0.2, 0.25) is 0 Å². The molecule has 15 heavy (non-hydrogen) atoms. The predicted octanol–water partition coefficient (Wildman–Crippen LogP) is 1.98. The molecule has 0 bridgehead atoms. The lowest BCUT2D eigenvalue weighted by atomic mass is 10.0. The third kappa shape index (κ3) is 2.33. The first-order valence-electron chi connectivity index (χ1n) is 4.95. The lowest BCUT2D eigenvalue weighted by Crippen LogP contribution is -2.35. The molecule has 1 aliphatic rings. The van der Waals surface area contributed by atoms with E-state index in [4.69, 9.17) is 4.74 Å². The number of alkyl halides is 2. The van der Waals surface area contributed by atoms with Crippen LogP contribution in [0.25, 0.3) is 0 Å². The van der Waals surface area contributed by atoms with Crippen molar-refractivity contribution in [2.45, 2.75) is 12.0 Å². The average Bonchev–Trinajstić information content (AvgIpc) is 2.40. The van der Waals surface area contributed by atoms with Crippen LogP contribution in [0.5, 0.6) is 0 Å². The minimum absolute atomic E-state index is 0.315. The van der Waals surface area contributed by atoms with Crippen LogP contribution in [0.15, 0.2) is 30.3 Å². The number of benzene rings is 1. The van der Waals surface area contributed by atoms with Crippen molar-refractivity contribution >= 4 is 0 Å². The molecule has 1 aromatic rings. The summed E-state index contributed by atoms with van der Waals surface area (Å²) in [6.45, 7) is 0.459. The smallest absolute Gasteiger partial charge is 0.289 e. The molecule has 1 aliphatic heterocycles. The summed E-state index contributed by atoms with van der Waals surface area (Å²) in [6, 6.07) is 8.63. The number of ether oxygens (including phenoxy) is 1. The fourth-order valence-electron chi connectivity index (χ4n) is 1.69. The van der Waals surface area contributed by atoms with Crippen molar-refractivity contribution in [2.75, 3.05) is 19.7 Å². The van der Waals surface area contributed by atoms with Crippen LogP contribution in [0.4, 0.5) is 8.78 Å². The summed E-state index contributed by atoms with van der Waals surface area (Å²) < 4.78 is 32.4. The standard InChI is InChI=1S/C11H13F2NO/c12-11(13)8-14-6-7-15-10(11)9-4-2-1-3-5-9/h1-5,10,14H,6-8H2. The maximum atomic E-state index is 13.6. The minimum Gasteiger partial charge on any atom is -0.366 e. The first kappa shape index (κ1) is 10.5. The lowest BCUT2D eigenvalue weighted by Gasteiger charge is -2.24. The van der Waals surface area contributed by atoms with Gasteiger partial charge in [-0.2, -0.15) is 0 Å². The third-order valence-corrected chi connectivity index (χ3v) is 2.41. The van der Waals surface area contributed by atoms with Crippen molar-refractivity contribution in [3.05, 3.63) is 35.9 Å². The third-order valence-electron chi connectivity index (χ3n) is 2.41. The number of rotatable bonds is 1. The van der Waals surface area contributed by atoms with E-state index in [0.717, 1.165) is 0 Å². The molecule has 0 aromatic heterocycles. The van der Waals surface area contributed by atoms with Gasteiger partial charge in [-0.3, -0.25) is 0 Å². The normalized spacial score (nSPS) is 25.9. The van der Waals surface area contributed by atoms with Crippen molar-refractivity contribution < 1.29 is 13.5 Å². The highest BCUT2D eigenvalue weighted by Gasteiger charge is 2.42. The Labute approximate surface area is 87.2 Å². The zero-order valence-corrected chi connectivity index (χ0v) is 8.25. The number of halogens is 2. The zero-order chi connectivity index (χ0) is 10.7. The molecule has 2 rings (SSSR count). The van der Waals surface area contributed by atoms with E-state index in [9.17, 15) is 8.78 Å². The molecule has 2 nitrogen and oxygen atoms in total. The Balaban J connectivity index is 2.25. The van der Waals surface area contributed by atoms with Gasteiger partial charge in [0.1, 0.15) is 6.10 Å². The van der Waals surface area contributed by atoms with E-state index in [0.29, 0.717) is 18.7 Å². The van der Waals surface area contributed by atoms with Crippen molar-refractivity contribution in [3.63, 3.8) is 0 Å². The molecular formula is C11H13F2NO. The van der Waals surface area contributed by atoms with Gasteiger partial charge in [-0.05, 0) is 5.56 Å². The maximum absolute atomic E-state index is 13.6. The summed E-state index contributed by atoms with van der Waals surface area (Å²) in [5.74, 6) is -2.85. The monoisotopic (exact) mass is 213 g/mol. The van der Waals surface area contributed by atoms with Crippen LogP contribution in [0.3, 0.4) is 0 Å². The van der Waals surface area contributed by atoms with Gasteiger partial charge in [0.05, 0.1) is 13.2 Å². The number of hydrogen-bond acceptors (Lipinski definition) is 2. The second kappa shape index (κ2) is 4.24. The molecule has 0 spiro atoms. The second-order valence-corrected chi connectivity index (χ2v) is 3.60. The van der Waals surface area contributed by atoms with Gasteiger partial charge in [-0.15, -0.1) is 0 Å². The Morgan fingerprint density at radius 2 is 2.00 bits per heavy atom. The summed E-state index contributed by atoms with van der Waals surface area (Å²) in [5.41, 5.74) is 0.534. The van der Waals surface area contributed by atoms with Crippen molar-refractivity contribution in [1.82, 2.24) is 5.32 Å². The molecule has 0 amide bonds. The minimum atomic E-state index is -2.85. The molecule has 1 fully saturated rings. The maximum Gasteiger partial charge on any atom is 0.289 e. The van der Waals surface area contributed by atoms with Crippen LogP contribution in [0.2, 0.25) is 0 Å². The zero-order valence-electron chi connectivity index (χ0n) is 8.25. The Kier molecular flexibility index (Phi) is 2.98. The summed E-state index contributed by atoms with van der Waals surface area (Å²) in [6.07, 6.45) is -1.13. The molecule has 4 heteroatoms. The number of hydrogen-bond donors (Lipinski definition) is 1. The van der Waals surface area contributed by atoms with E-state index in [1.165, 1.54) is 0 Å². The summed E-state index contributed by atoms with van der Waals surface area (Å²) in [7, 11) is 0. The SMILES string of the molecule is FC1(F)CNCCOC1c1ccccc1. The predicted molar refractivity (Wildman–Crippen MR) is 53.0 cm³/mol. The Morgan fingerprint density at radius 3 is 2.73 bits per heavy atom. The molecule has 0 aliphatic carbocycles. The molecule has 1 atom stereocenters. The highest BCUT2D eigenvalue weighted by molar-refractivity contribution is 5.20. The highest BCUT2D eigenvalue weighted by Crippen LogP contribution is 2.34. The van der Waals surface area contributed by atoms with Gasteiger partial charge < -0.3 is 10.1 Å². The van der Waals surface area contributed by atoms with Gasteiger partial charge in [0.15, 0.2) is 0 Å². The molecular weight excluding hydrogens is 200 g/mol. The van der Waals surface area contributed by atoms with Crippen LogP contribution in [-0.2, 0) is 4.74 Å². The quantitative estimate of drug-likeness (QED) is 0.770. The van der Waals surface area contributed by atoms with Crippen LogP contribution < -0.4 is 5.32 Å². The van der Waals surface area contributed by atoms with Crippen molar-refractivity contribution in [3.8, 4) is 0 Å². The molecule has 82 valence electrons. The fraction of sp³-hybridized carbons (Fsp3) is 0.455. The molecule has 1 N–H and O–H groups in total. The Morgan fingerprint density at radius 1 is 1.27 bits per heavy atom. The van der Waals surface area contributed by atoms with Gasteiger partial charge in [0, 0.05) is 6.54 Å². The van der Waals surface area contributed by atoms with E-state index in [2.05, 4.69) is 5.32 Å². The fourth-order valence-corrected chi connectivity index (χ4v) is 1.69. The van der Waals surface area contributed by atoms with E-state index >= 15 is 0 Å². The van der Waals surface area contributed by atoms with E-state index in [1.807, 2.05) is 0 Å². The first-order chi connectivity index (χ1) is 7.20. The Bertz CT molecular complexity index is 316. The van der Waals surface area contributed by atoms with Gasteiger partial charge in [0.25, 0.3) is 5.92 Å². The summed E-state index contributed by atoms with van der Waals surface area (Å²) in [5, 5.41) is 2.66. The number of nitrogens with one attached hydrogen (secondary N) is 1. The first-order valence-corrected chi connectivity index (χ1v) is 4.95. The molecule has 0 radical (unpaired) electrons. The topological polar surface area (TPSA) is 21.3 Å². The molecule has 1 unspecified atom stereocenters. The van der Waals surface area contributed by atoms with Gasteiger partial charge in [-0.25, -0.2) is 8.78 Å². The summed E-state index contributed by atoms with van der Waals surface area (Å²) >= 11 is 0. The molecule has 0 saturated carbocycles. The molecule has 1 saturated heterocycles. The van der Waals surface area contributed by atoms with Gasteiger partial charge in [-0.1, -0.05) is 30.3 Å². The molecule has 1 aromatic carbocycles. The summed E-state index contributed by atoms with van der Waals surface area (Å²) in [4.78, 5) is 0. The van der Waals surface area contributed by atoms with Gasteiger partial charge >= 0.3 is 0 Å². The second-order valence-electron chi connectivity index (χ2n) is 3.60. The highest BCUT2D eigenvalue weighted by atomic mass is 19.3. The molecule has 1 heterocycles. The van der Waals surface area contributed by atoms with Crippen LogP contribution in [0, 0.1) is 0 Å². The van der Waals surface area contributed by atoms with Crippen LogP contribution in [0.1, 0.15) is 11.7 Å². The largest absolute Gasteiger partial charge is 0.366 e.